The highest BCUT2D eigenvalue weighted by molar-refractivity contribution is 5.80. The minimum Gasteiger partial charge on any atom is -0.329 e. The molecule has 0 amide bonds. The smallest absolute Gasteiger partial charge is 0.146 e. The summed E-state index contributed by atoms with van der Waals surface area (Å²) in [6, 6.07) is 0.311. The molecular formula is C9H20N2O. The molecule has 0 fully saturated rings. The zero-order valence-electron chi connectivity index (χ0n) is 8.34. The fraction of sp³-hybridized carbons (Fsp3) is 0.889. The molecule has 12 heavy (non-hydrogen) atoms. The summed E-state index contributed by atoms with van der Waals surface area (Å²) in [7, 11) is 0. The van der Waals surface area contributed by atoms with Crippen LogP contribution in [0.2, 0.25) is 0 Å². The number of hydrogen-bond donors (Lipinski definition) is 1. The maximum Gasteiger partial charge on any atom is 0.146 e. The van der Waals surface area contributed by atoms with Crippen LogP contribution < -0.4 is 5.73 Å². The number of hydrogen-bond acceptors (Lipinski definition) is 3. The van der Waals surface area contributed by atoms with Gasteiger partial charge in [-0.2, -0.15) is 0 Å². The second kappa shape index (κ2) is 6.14. The van der Waals surface area contributed by atoms with E-state index in [9.17, 15) is 4.79 Å². The lowest BCUT2D eigenvalue weighted by atomic mass is 10.2. The first-order valence-corrected chi connectivity index (χ1v) is 4.61. The lowest BCUT2D eigenvalue weighted by Gasteiger charge is -2.25. The Balaban J connectivity index is 3.90. The van der Waals surface area contributed by atoms with Crippen LogP contribution in [-0.4, -0.2) is 36.4 Å². The number of carbonyl (C=O) groups excluding carboxylic acids is 1. The number of rotatable bonds is 6. The standard InChI is InChI=1S/C9H20N2O/c1-4-9(12)7-11(5-2)8(3)6-10/h8H,4-7,10H2,1-3H3/t8-/m0/s1. The van der Waals surface area contributed by atoms with E-state index in [0.717, 1.165) is 6.54 Å². The molecule has 0 saturated carbocycles. The monoisotopic (exact) mass is 172 g/mol. The minimum atomic E-state index is 0.289. The Labute approximate surface area is 74.9 Å². The van der Waals surface area contributed by atoms with Gasteiger partial charge in [0, 0.05) is 19.0 Å². The predicted octanol–water partition coefficient (Wildman–Crippen LogP) is 0.635. The first-order chi connectivity index (χ1) is 5.65. The third-order valence-corrected chi connectivity index (χ3v) is 2.14. The molecular weight excluding hydrogens is 152 g/mol. The first-order valence-electron chi connectivity index (χ1n) is 4.61. The Morgan fingerprint density at radius 2 is 2.08 bits per heavy atom. The van der Waals surface area contributed by atoms with Crippen LogP contribution in [0.1, 0.15) is 27.2 Å². The van der Waals surface area contributed by atoms with Gasteiger partial charge in [0.2, 0.25) is 0 Å². The molecule has 0 radical (unpaired) electrons. The van der Waals surface area contributed by atoms with Gasteiger partial charge in [0.05, 0.1) is 6.54 Å². The molecule has 1 atom stereocenters. The molecule has 0 unspecified atom stereocenters. The molecule has 0 aliphatic heterocycles. The van der Waals surface area contributed by atoms with Gasteiger partial charge in [0.1, 0.15) is 5.78 Å². The van der Waals surface area contributed by atoms with Crippen molar-refractivity contribution in [1.29, 1.82) is 0 Å². The number of nitrogens with zero attached hydrogens (tertiary/aromatic N) is 1. The average molecular weight is 172 g/mol. The fourth-order valence-corrected chi connectivity index (χ4v) is 1.07. The van der Waals surface area contributed by atoms with Crippen LogP contribution in [0.5, 0.6) is 0 Å². The Bertz CT molecular complexity index is 136. The summed E-state index contributed by atoms with van der Waals surface area (Å²) in [5.74, 6) is 0.289. The predicted molar refractivity (Wildman–Crippen MR) is 51.1 cm³/mol. The van der Waals surface area contributed by atoms with Crippen LogP contribution >= 0.6 is 0 Å². The van der Waals surface area contributed by atoms with Gasteiger partial charge in [-0.3, -0.25) is 9.69 Å². The van der Waals surface area contributed by atoms with Gasteiger partial charge in [-0.05, 0) is 13.5 Å². The van der Waals surface area contributed by atoms with E-state index in [1.165, 1.54) is 0 Å². The highest BCUT2D eigenvalue weighted by atomic mass is 16.1. The van der Waals surface area contributed by atoms with Crippen LogP contribution in [0.3, 0.4) is 0 Å². The van der Waals surface area contributed by atoms with E-state index in [1.807, 2.05) is 13.8 Å². The maximum atomic E-state index is 11.1. The van der Waals surface area contributed by atoms with Crippen molar-refractivity contribution >= 4 is 5.78 Å². The van der Waals surface area contributed by atoms with Gasteiger partial charge in [0.25, 0.3) is 0 Å². The Morgan fingerprint density at radius 1 is 1.50 bits per heavy atom. The second-order valence-electron chi connectivity index (χ2n) is 3.04. The van der Waals surface area contributed by atoms with Crippen molar-refractivity contribution in [2.75, 3.05) is 19.6 Å². The van der Waals surface area contributed by atoms with E-state index in [2.05, 4.69) is 11.8 Å². The minimum absolute atomic E-state index is 0.289. The highest BCUT2D eigenvalue weighted by Crippen LogP contribution is 1.97. The molecule has 0 heterocycles. The van der Waals surface area contributed by atoms with Crippen molar-refractivity contribution < 1.29 is 4.79 Å². The normalized spacial score (nSPS) is 13.4. The highest BCUT2D eigenvalue weighted by Gasteiger charge is 2.12. The molecule has 0 aliphatic carbocycles. The van der Waals surface area contributed by atoms with Gasteiger partial charge in [-0.25, -0.2) is 0 Å². The van der Waals surface area contributed by atoms with Crippen molar-refractivity contribution in [2.45, 2.75) is 33.2 Å². The molecule has 0 aromatic rings. The summed E-state index contributed by atoms with van der Waals surface area (Å²) in [4.78, 5) is 13.2. The van der Waals surface area contributed by atoms with Crippen molar-refractivity contribution in [3.8, 4) is 0 Å². The number of likely N-dealkylation sites (N-methyl/N-ethyl adjacent to an activating group) is 1. The maximum absolute atomic E-state index is 11.1. The van der Waals surface area contributed by atoms with Crippen LogP contribution in [0.4, 0.5) is 0 Å². The molecule has 72 valence electrons. The lowest BCUT2D eigenvalue weighted by Crippen LogP contribution is -2.41. The quantitative estimate of drug-likeness (QED) is 0.639. The third-order valence-electron chi connectivity index (χ3n) is 2.14. The van der Waals surface area contributed by atoms with Crippen LogP contribution in [0, 0.1) is 0 Å². The number of nitrogens with two attached hydrogens (primary N) is 1. The van der Waals surface area contributed by atoms with Crippen molar-refractivity contribution in [3.63, 3.8) is 0 Å². The van der Waals surface area contributed by atoms with Crippen LogP contribution in [0.15, 0.2) is 0 Å². The average Bonchev–Trinajstić information content (AvgIpc) is 2.12. The van der Waals surface area contributed by atoms with Gasteiger partial charge in [0.15, 0.2) is 0 Å². The van der Waals surface area contributed by atoms with Gasteiger partial charge < -0.3 is 5.73 Å². The largest absolute Gasteiger partial charge is 0.329 e. The summed E-state index contributed by atoms with van der Waals surface area (Å²) in [6.07, 6.45) is 0.619. The molecule has 0 aromatic carbocycles. The van der Waals surface area contributed by atoms with E-state index in [1.54, 1.807) is 0 Å². The summed E-state index contributed by atoms with van der Waals surface area (Å²) in [5, 5.41) is 0. The van der Waals surface area contributed by atoms with E-state index >= 15 is 0 Å². The van der Waals surface area contributed by atoms with Gasteiger partial charge >= 0.3 is 0 Å². The molecule has 3 heteroatoms. The van der Waals surface area contributed by atoms with Gasteiger partial charge in [-0.1, -0.05) is 13.8 Å². The van der Waals surface area contributed by atoms with E-state index in [0.29, 0.717) is 25.6 Å². The molecule has 0 spiro atoms. The van der Waals surface area contributed by atoms with E-state index < -0.39 is 0 Å². The SMILES string of the molecule is CCC(=O)CN(CC)[C@@H](C)CN. The summed E-state index contributed by atoms with van der Waals surface area (Å²) in [5.41, 5.74) is 5.51. The Kier molecular flexibility index (Phi) is 5.93. The molecule has 2 N–H and O–H groups in total. The molecule has 0 aliphatic rings. The molecule has 3 nitrogen and oxygen atoms in total. The zero-order valence-corrected chi connectivity index (χ0v) is 8.34. The molecule has 0 bridgehead atoms. The number of Topliss-reactive ketones (excluding diaryl/α,β-unsaturated/α-hetero) is 1. The zero-order chi connectivity index (χ0) is 9.56. The van der Waals surface area contributed by atoms with Crippen LogP contribution in [0.25, 0.3) is 0 Å². The van der Waals surface area contributed by atoms with Gasteiger partial charge in [-0.15, -0.1) is 0 Å². The summed E-state index contributed by atoms with van der Waals surface area (Å²) in [6.45, 7) is 8.05. The molecule has 0 rings (SSSR count). The lowest BCUT2D eigenvalue weighted by molar-refractivity contribution is -0.120. The van der Waals surface area contributed by atoms with Crippen molar-refractivity contribution in [1.82, 2.24) is 4.90 Å². The summed E-state index contributed by atoms with van der Waals surface area (Å²) >= 11 is 0. The summed E-state index contributed by atoms with van der Waals surface area (Å²) < 4.78 is 0. The number of carbonyl (C=O) groups is 1. The van der Waals surface area contributed by atoms with E-state index in [4.69, 9.17) is 5.73 Å². The molecule has 0 aromatic heterocycles. The van der Waals surface area contributed by atoms with Crippen molar-refractivity contribution in [2.24, 2.45) is 5.73 Å². The topological polar surface area (TPSA) is 46.3 Å². The Hall–Kier alpha value is -0.410. The molecule has 0 saturated heterocycles. The third kappa shape index (κ3) is 3.83. The van der Waals surface area contributed by atoms with E-state index in [-0.39, 0.29) is 5.78 Å². The Morgan fingerprint density at radius 3 is 2.42 bits per heavy atom. The van der Waals surface area contributed by atoms with Crippen LogP contribution in [-0.2, 0) is 4.79 Å². The fourth-order valence-electron chi connectivity index (χ4n) is 1.07. The number of ketones is 1. The van der Waals surface area contributed by atoms with Crippen molar-refractivity contribution in [3.05, 3.63) is 0 Å². The first kappa shape index (κ1) is 11.6. The second-order valence-corrected chi connectivity index (χ2v) is 3.04.